The first-order chi connectivity index (χ1) is 12.2. The van der Waals surface area contributed by atoms with E-state index < -0.39 is 0 Å². The van der Waals surface area contributed by atoms with Gasteiger partial charge in [0.2, 0.25) is 0 Å². The molecule has 4 rings (SSSR count). The van der Waals surface area contributed by atoms with Crippen LogP contribution in [0.2, 0.25) is 0 Å². The van der Waals surface area contributed by atoms with E-state index in [-0.39, 0.29) is 0 Å². The Balaban J connectivity index is 1.98. The highest BCUT2D eigenvalue weighted by Crippen LogP contribution is 2.50. The maximum Gasteiger partial charge on any atom is 0.115 e. The molecule has 0 heterocycles. The number of rotatable bonds is 3. The predicted octanol–water partition coefficient (Wildman–Crippen LogP) is 6.03. The highest BCUT2D eigenvalue weighted by molar-refractivity contribution is 5.97. The molecule has 2 aliphatic carbocycles. The molecule has 0 radical (unpaired) electrons. The smallest absolute Gasteiger partial charge is 0.115 e. The number of phenolic OH excluding ortho intramolecular Hbond substituents is 1. The fourth-order valence-corrected chi connectivity index (χ4v) is 4.91. The van der Waals surface area contributed by atoms with Crippen molar-refractivity contribution in [3.05, 3.63) is 64.2 Å². The first kappa shape index (κ1) is 16.4. The minimum absolute atomic E-state index is 0.398. The van der Waals surface area contributed by atoms with Crippen LogP contribution in [0.4, 0.5) is 0 Å². The third-order valence-electron chi connectivity index (χ3n) is 6.27. The van der Waals surface area contributed by atoms with Gasteiger partial charge in [0, 0.05) is 0 Å². The summed E-state index contributed by atoms with van der Waals surface area (Å²) in [7, 11) is 0. The minimum atomic E-state index is 0.398. The molecule has 0 aliphatic heterocycles. The van der Waals surface area contributed by atoms with Crippen LogP contribution in [0.3, 0.4) is 0 Å². The largest absolute Gasteiger partial charge is 0.508 e. The number of phenols is 1. The number of benzene rings is 2. The summed E-state index contributed by atoms with van der Waals surface area (Å²) in [6.45, 7) is 6.86. The van der Waals surface area contributed by atoms with Crippen LogP contribution < -0.4 is 0 Å². The lowest BCUT2D eigenvalue weighted by molar-refractivity contribution is 0.473. The number of aromatic hydroxyl groups is 1. The summed E-state index contributed by atoms with van der Waals surface area (Å²) >= 11 is 0. The van der Waals surface area contributed by atoms with Crippen molar-refractivity contribution < 1.29 is 5.11 Å². The molecule has 2 aliphatic rings. The van der Waals surface area contributed by atoms with Crippen molar-refractivity contribution >= 4 is 11.1 Å². The summed E-state index contributed by atoms with van der Waals surface area (Å²) in [5, 5.41) is 9.97. The van der Waals surface area contributed by atoms with Gasteiger partial charge in [-0.1, -0.05) is 45.0 Å². The lowest BCUT2D eigenvalue weighted by Crippen LogP contribution is -2.24. The van der Waals surface area contributed by atoms with Crippen LogP contribution in [-0.4, -0.2) is 5.11 Å². The molecule has 2 aromatic carbocycles. The van der Waals surface area contributed by atoms with Gasteiger partial charge in [-0.2, -0.15) is 0 Å². The van der Waals surface area contributed by atoms with Gasteiger partial charge in [0.25, 0.3) is 0 Å². The van der Waals surface area contributed by atoms with E-state index in [2.05, 4.69) is 45.0 Å². The normalized spacial score (nSPS) is 21.6. The van der Waals surface area contributed by atoms with Crippen molar-refractivity contribution in [2.45, 2.75) is 52.9 Å². The third kappa shape index (κ3) is 2.61. The molecule has 0 fully saturated rings. The van der Waals surface area contributed by atoms with E-state index in [4.69, 9.17) is 0 Å². The van der Waals surface area contributed by atoms with Gasteiger partial charge >= 0.3 is 0 Å². The molecule has 0 saturated heterocycles. The van der Waals surface area contributed by atoms with Crippen LogP contribution in [0.15, 0.2) is 36.4 Å². The molecule has 1 heteroatoms. The molecule has 25 heavy (non-hydrogen) atoms. The van der Waals surface area contributed by atoms with Crippen LogP contribution in [0, 0.1) is 11.8 Å². The Kier molecular flexibility index (Phi) is 4.19. The Bertz CT molecular complexity index is 843. The maximum atomic E-state index is 9.97. The molecule has 2 aromatic rings. The van der Waals surface area contributed by atoms with Crippen molar-refractivity contribution in [2.24, 2.45) is 11.8 Å². The summed E-state index contributed by atoms with van der Waals surface area (Å²) in [6.07, 6.45) is 5.62. The summed E-state index contributed by atoms with van der Waals surface area (Å²) in [5.41, 5.74) is 10.4. The Labute approximate surface area is 151 Å². The van der Waals surface area contributed by atoms with Gasteiger partial charge in [0.15, 0.2) is 0 Å². The average Bonchev–Trinajstić information content (AvgIpc) is 2.65. The Hall–Kier alpha value is -2.02. The standard InChI is InChI=1S/C24H28O/c1-4-15-7-9-21-18(11-15)12-16(5-2)24-22-10-8-20(25)14-19(22)13-17(6-3)23(21)24/h7-11,14,16-17,25H,4-6,12-13H2,1-3H3/t16-,17+/m0/s1. The van der Waals surface area contributed by atoms with Gasteiger partial charge in [-0.15, -0.1) is 0 Å². The second-order valence-electron chi connectivity index (χ2n) is 7.63. The van der Waals surface area contributed by atoms with Crippen LogP contribution >= 0.6 is 0 Å². The van der Waals surface area contributed by atoms with Crippen molar-refractivity contribution in [1.29, 1.82) is 0 Å². The quantitative estimate of drug-likeness (QED) is 0.727. The minimum Gasteiger partial charge on any atom is -0.508 e. The lowest BCUT2D eigenvalue weighted by atomic mass is 9.65. The van der Waals surface area contributed by atoms with E-state index in [0.717, 1.165) is 25.7 Å². The number of hydrogen-bond acceptors (Lipinski definition) is 1. The molecule has 0 aromatic heterocycles. The molecular formula is C24H28O. The van der Waals surface area contributed by atoms with Gasteiger partial charge in [-0.25, -0.2) is 0 Å². The highest BCUT2D eigenvalue weighted by atomic mass is 16.3. The summed E-state index contributed by atoms with van der Waals surface area (Å²) < 4.78 is 0. The van der Waals surface area contributed by atoms with Gasteiger partial charge in [0.1, 0.15) is 5.75 Å². The fourth-order valence-electron chi connectivity index (χ4n) is 4.91. The Morgan fingerprint density at radius 1 is 0.800 bits per heavy atom. The number of fused-ring (bicyclic) bond motifs is 4. The second kappa shape index (κ2) is 6.37. The van der Waals surface area contributed by atoms with Gasteiger partial charge in [-0.05, 0) is 95.0 Å². The molecule has 0 amide bonds. The molecule has 130 valence electrons. The fraction of sp³-hybridized carbons (Fsp3) is 0.417. The van der Waals surface area contributed by atoms with Crippen LogP contribution in [-0.2, 0) is 19.3 Å². The molecule has 0 unspecified atom stereocenters. The first-order valence-electron chi connectivity index (χ1n) is 9.84. The van der Waals surface area contributed by atoms with E-state index in [1.165, 1.54) is 28.7 Å². The highest BCUT2D eigenvalue weighted by Gasteiger charge is 2.35. The zero-order valence-corrected chi connectivity index (χ0v) is 15.6. The Morgan fingerprint density at radius 3 is 1.92 bits per heavy atom. The van der Waals surface area contributed by atoms with E-state index in [1.54, 1.807) is 16.7 Å². The molecule has 0 spiro atoms. The first-order valence-corrected chi connectivity index (χ1v) is 9.84. The average molecular weight is 332 g/mol. The van der Waals surface area contributed by atoms with Crippen molar-refractivity contribution in [2.75, 3.05) is 0 Å². The van der Waals surface area contributed by atoms with Crippen LogP contribution in [0.5, 0.6) is 5.75 Å². The number of hydrogen-bond donors (Lipinski definition) is 1. The van der Waals surface area contributed by atoms with E-state index >= 15 is 0 Å². The molecular weight excluding hydrogens is 304 g/mol. The number of allylic oxidation sites excluding steroid dienone is 2. The molecule has 1 N–H and O–H groups in total. The van der Waals surface area contributed by atoms with E-state index in [1.807, 2.05) is 12.1 Å². The van der Waals surface area contributed by atoms with Gasteiger partial charge < -0.3 is 5.11 Å². The summed E-state index contributed by atoms with van der Waals surface area (Å²) in [6, 6.07) is 13.1. The molecule has 2 atom stereocenters. The van der Waals surface area contributed by atoms with Crippen LogP contribution in [0.25, 0.3) is 11.1 Å². The maximum absolute atomic E-state index is 9.97. The zero-order valence-electron chi connectivity index (χ0n) is 15.6. The third-order valence-corrected chi connectivity index (χ3v) is 6.27. The van der Waals surface area contributed by atoms with Crippen molar-refractivity contribution in [3.63, 3.8) is 0 Å². The second-order valence-corrected chi connectivity index (χ2v) is 7.63. The lowest BCUT2D eigenvalue weighted by Gasteiger charge is -2.39. The van der Waals surface area contributed by atoms with Crippen molar-refractivity contribution in [3.8, 4) is 5.75 Å². The predicted molar refractivity (Wildman–Crippen MR) is 106 cm³/mol. The molecule has 0 bridgehead atoms. The van der Waals surface area contributed by atoms with Crippen molar-refractivity contribution in [1.82, 2.24) is 0 Å². The zero-order chi connectivity index (χ0) is 17.6. The monoisotopic (exact) mass is 332 g/mol. The topological polar surface area (TPSA) is 20.2 Å². The summed E-state index contributed by atoms with van der Waals surface area (Å²) in [4.78, 5) is 0. The Morgan fingerprint density at radius 2 is 1.36 bits per heavy atom. The van der Waals surface area contributed by atoms with Crippen LogP contribution in [0.1, 0.15) is 61.4 Å². The van der Waals surface area contributed by atoms with E-state index in [9.17, 15) is 5.11 Å². The summed E-state index contributed by atoms with van der Waals surface area (Å²) in [5.74, 6) is 1.55. The van der Waals surface area contributed by atoms with Gasteiger partial charge in [-0.3, -0.25) is 0 Å². The molecule has 0 saturated carbocycles. The number of aryl methyl sites for hydroxylation is 1. The SMILES string of the molecule is CCc1ccc2c(c1)C[C@H](CC)C1=C2[C@H](CC)Cc2cc(O)ccc21. The molecule has 1 nitrogen and oxygen atoms in total. The van der Waals surface area contributed by atoms with E-state index in [0.29, 0.717) is 17.6 Å². The van der Waals surface area contributed by atoms with Gasteiger partial charge in [0.05, 0.1) is 0 Å².